The molecular formula is C29H33N5O4. The lowest BCUT2D eigenvalue weighted by Gasteiger charge is -2.43. The van der Waals surface area contributed by atoms with Gasteiger partial charge in [0.25, 0.3) is 0 Å². The number of hydrogen-bond donors (Lipinski definition) is 4. The molecule has 2 aromatic rings. The van der Waals surface area contributed by atoms with Gasteiger partial charge in [0.2, 0.25) is 11.8 Å². The number of carbonyl (C=O) groups is 2. The number of hydrogen-bond acceptors (Lipinski definition) is 6. The minimum atomic E-state index is -0.968. The fraction of sp³-hybridized carbons (Fsp3) is 0.448. The third-order valence-electron chi connectivity index (χ3n) is 7.73. The first-order valence-corrected chi connectivity index (χ1v) is 12.9. The Hall–Kier alpha value is -3.90. The lowest BCUT2D eigenvalue weighted by molar-refractivity contribution is -0.133. The molecule has 2 heterocycles. The molecule has 0 radical (unpaired) electrons. The first kappa shape index (κ1) is 25.7. The van der Waals surface area contributed by atoms with Gasteiger partial charge < -0.3 is 20.5 Å². The molecular weight excluding hydrogens is 482 g/mol. The largest absolute Gasteiger partial charge is 0.485 e. The second-order valence-electron chi connectivity index (χ2n) is 11.7. The Morgan fingerprint density at radius 2 is 1.97 bits per heavy atom. The van der Waals surface area contributed by atoms with E-state index in [4.69, 9.17) is 10.1 Å². The number of fused-ring (bicyclic) bond motifs is 1. The molecule has 0 aromatic heterocycles. The van der Waals surface area contributed by atoms with Crippen LogP contribution in [0.3, 0.4) is 0 Å². The average Bonchev–Trinajstić information content (AvgIpc) is 3.64. The molecule has 2 fully saturated rings. The van der Waals surface area contributed by atoms with E-state index in [1.54, 1.807) is 32.0 Å². The van der Waals surface area contributed by atoms with Gasteiger partial charge in [-0.2, -0.15) is 5.26 Å². The summed E-state index contributed by atoms with van der Waals surface area (Å²) >= 11 is 0. The summed E-state index contributed by atoms with van der Waals surface area (Å²) < 4.78 is 5.98. The topological polar surface area (TPSA) is 139 Å². The minimum Gasteiger partial charge on any atom is -0.485 e. The summed E-state index contributed by atoms with van der Waals surface area (Å²) in [5, 5.41) is 35.3. The third-order valence-corrected chi connectivity index (χ3v) is 7.73. The zero-order valence-electron chi connectivity index (χ0n) is 22.0. The molecule has 9 heteroatoms. The number of aliphatic hydroxyl groups is 1. The molecule has 198 valence electrons. The van der Waals surface area contributed by atoms with Crippen LogP contribution in [0.5, 0.6) is 5.75 Å². The number of aliphatic hydroxyl groups excluding tert-OH is 1. The highest BCUT2D eigenvalue weighted by Crippen LogP contribution is 2.52. The van der Waals surface area contributed by atoms with Crippen molar-refractivity contribution in [3.63, 3.8) is 0 Å². The van der Waals surface area contributed by atoms with Crippen LogP contribution in [0.25, 0.3) is 0 Å². The number of amides is 2. The first-order chi connectivity index (χ1) is 17.9. The molecule has 3 aliphatic rings. The third kappa shape index (κ3) is 4.61. The summed E-state index contributed by atoms with van der Waals surface area (Å²) in [5.74, 6) is -0.499. The standard InChI is InChI=1S/C29H33N5O4/c1-28(2)14-22(35)34(27(31)33-28)24(17-9-7-8-16(12-17)15-30)19-13-20(19)26(37)32-23-18-10-5-6-11-21(18)38-29(3,4)25(23)36/h5-12,19-20,23-25,36H,13-14H2,1-4H3,(H2,31,33)(H,32,37)/t19-,20-,23-,24-,25+/m1/s1. The van der Waals surface area contributed by atoms with E-state index in [-0.39, 0.29) is 30.1 Å². The highest BCUT2D eigenvalue weighted by atomic mass is 16.5. The summed E-state index contributed by atoms with van der Waals surface area (Å²) in [7, 11) is 0. The van der Waals surface area contributed by atoms with E-state index in [0.717, 1.165) is 0 Å². The van der Waals surface area contributed by atoms with Gasteiger partial charge in [-0.25, -0.2) is 0 Å². The molecule has 2 aliphatic heterocycles. The molecule has 0 spiro atoms. The molecule has 38 heavy (non-hydrogen) atoms. The quantitative estimate of drug-likeness (QED) is 0.483. The smallest absolute Gasteiger partial charge is 0.232 e. The van der Waals surface area contributed by atoms with Crippen molar-refractivity contribution in [3.05, 3.63) is 65.2 Å². The second-order valence-corrected chi connectivity index (χ2v) is 11.7. The summed E-state index contributed by atoms with van der Waals surface area (Å²) in [6.07, 6.45) is -0.254. The van der Waals surface area contributed by atoms with Crippen molar-refractivity contribution >= 4 is 17.8 Å². The van der Waals surface area contributed by atoms with E-state index in [1.165, 1.54) is 4.90 Å². The Kier molecular flexibility index (Phi) is 6.19. The van der Waals surface area contributed by atoms with Crippen molar-refractivity contribution in [1.82, 2.24) is 15.5 Å². The monoisotopic (exact) mass is 515 g/mol. The zero-order chi connectivity index (χ0) is 27.4. The fourth-order valence-electron chi connectivity index (χ4n) is 5.71. The molecule has 1 saturated heterocycles. The number of para-hydroxylation sites is 1. The van der Waals surface area contributed by atoms with Crippen molar-refractivity contribution in [2.24, 2.45) is 11.8 Å². The van der Waals surface area contributed by atoms with Crippen LogP contribution in [0.15, 0.2) is 48.5 Å². The van der Waals surface area contributed by atoms with Crippen LogP contribution in [0.2, 0.25) is 0 Å². The lowest BCUT2D eigenvalue weighted by Crippen LogP contribution is -2.60. The fourth-order valence-corrected chi connectivity index (χ4v) is 5.71. The number of nitriles is 1. The van der Waals surface area contributed by atoms with Gasteiger partial charge in [-0.3, -0.25) is 19.9 Å². The highest BCUT2D eigenvalue weighted by molar-refractivity contribution is 5.99. The molecule has 5 rings (SSSR count). The summed E-state index contributed by atoms with van der Waals surface area (Å²) in [5.41, 5.74) is 0.416. The number of benzene rings is 2. The average molecular weight is 516 g/mol. The molecule has 1 aliphatic carbocycles. The van der Waals surface area contributed by atoms with Gasteiger partial charge in [0.1, 0.15) is 17.5 Å². The molecule has 4 N–H and O–H groups in total. The van der Waals surface area contributed by atoms with Gasteiger partial charge in [0.15, 0.2) is 5.96 Å². The van der Waals surface area contributed by atoms with Crippen LogP contribution >= 0.6 is 0 Å². The number of ether oxygens (including phenoxy) is 1. The molecule has 2 aromatic carbocycles. The predicted octanol–water partition coefficient (Wildman–Crippen LogP) is 3.16. The normalized spacial score (nSPS) is 27.7. The Labute approximate surface area is 222 Å². The molecule has 2 amide bonds. The van der Waals surface area contributed by atoms with Gasteiger partial charge in [-0.1, -0.05) is 30.3 Å². The van der Waals surface area contributed by atoms with Crippen LogP contribution in [-0.4, -0.2) is 45.0 Å². The predicted molar refractivity (Wildman–Crippen MR) is 140 cm³/mol. The summed E-state index contributed by atoms with van der Waals surface area (Å²) in [4.78, 5) is 28.3. The Morgan fingerprint density at radius 1 is 1.24 bits per heavy atom. The summed E-state index contributed by atoms with van der Waals surface area (Å²) in [6, 6.07) is 15.3. The molecule has 5 atom stereocenters. The lowest BCUT2D eigenvalue weighted by atomic mass is 9.86. The maximum absolute atomic E-state index is 13.6. The number of nitrogens with one attached hydrogen (secondary N) is 3. The van der Waals surface area contributed by atoms with Crippen molar-refractivity contribution in [2.75, 3.05) is 0 Å². The van der Waals surface area contributed by atoms with Crippen LogP contribution in [0, 0.1) is 28.6 Å². The summed E-state index contributed by atoms with van der Waals surface area (Å²) in [6.45, 7) is 7.31. The maximum Gasteiger partial charge on any atom is 0.232 e. The van der Waals surface area contributed by atoms with Crippen molar-refractivity contribution in [3.8, 4) is 11.8 Å². The Balaban J connectivity index is 1.43. The molecule has 1 saturated carbocycles. The van der Waals surface area contributed by atoms with E-state index in [2.05, 4.69) is 16.7 Å². The van der Waals surface area contributed by atoms with E-state index < -0.39 is 35.2 Å². The van der Waals surface area contributed by atoms with E-state index in [1.807, 2.05) is 44.2 Å². The molecule has 9 nitrogen and oxygen atoms in total. The van der Waals surface area contributed by atoms with E-state index in [0.29, 0.717) is 28.9 Å². The SMILES string of the molecule is CC1(C)CC(=O)N([C@H](c2cccc(C#N)c2)[C@@H]2C[C@H]2C(=O)N[C@@H]2c3ccccc3OC(C)(C)[C@H]2O)C(=N)N1. The van der Waals surface area contributed by atoms with Gasteiger partial charge in [-0.15, -0.1) is 0 Å². The van der Waals surface area contributed by atoms with E-state index >= 15 is 0 Å². The maximum atomic E-state index is 13.6. The number of nitrogens with zero attached hydrogens (tertiary/aromatic N) is 2. The number of carbonyl (C=O) groups excluding carboxylic acids is 2. The highest BCUT2D eigenvalue weighted by Gasteiger charge is 2.54. The van der Waals surface area contributed by atoms with E-state index in [9.17, 15) is 20.0 Å². The van der Waals surface area contributed by atoms with Gasteiger partial charge in [0.05, 0.1) is 23.7 Å². The number of rotatable bonds is 5. The van der Waals surface area contributed by atoms with Crippen LogP contribution in [0.1, 0.15) is 69.3 Å². The Bertz CT molecular complexity index is 1330. The van der Waals surface area contributed by atoms with Crippen molar-refractivity contribution in [2.45, 2.75) is 69.9 Å². The second kappa shape index (κ2) is 9.14. The van der Waals surface area contributed by atoms with Crippen LogP contribution in [-0.2, 0) is 9.59 Å². The first-order valence-electron chi connectivity index (χ1n) is 12.9. The van der Waals surface area contributed by atoms with Crippen molar-refractivity contribution in [1.29, 1.82) is 10.7 Å². The van der Waals surface area contributed by atoms with Gasteiger partial charge >= 0.3 is 0 Å². The minimum absolute atomic E-state index is 0.0137. The molecule has 0 bridgehead atoms. The van der Waals surface area contributed by atoms with Crippen molar-refractivity contribution < 1.29 is 19.4 Å². The van der Waals surface area contributed by atoms with Gasteiger partial charge in [-0.05, 0) is 63.8 Å². The van der Waals surface area contributed by atoms with Crippen LogP contribution < -0.4 is 15.4 Å². The Morgan fingerprint density at radius 3 is 2.68 bits per heavy atom. The van der Waals surface area contributed by atoms with Crippen LogP contribution in [0.4, 0.5) is 0 Å². The zero-order valence-corrected chi connectivity index (χ0v) is 22.0. The van der Waals surface area contributed by atoms with Gasteiger partial charge in [0, 0.05) is 23.4 Å². The molecule has 0 unspecified atom stereocenters. The number of guanidine groups is 1.